The van der Waals surface area contributed by atoms with Crippen molar-refractivity contribution in [1.29, 1.82) is 0 Å². The Labute approximate surface area is 354 Å². The summed E-state index contributed by atoms with van der Waals surface area (Å²) in [6.07, 6.45) is 3.26. The predicted octanol–water partition coefficient (Wildman–Crippen LogP) is 11.0. The number of aliphatic hydroxyl groups is 2. The van der Waals surface area contributed by atoms with Crippen molar-refractivity contribution in [3.8, 4) is 5.75 Å². The SMILES string of the molecule is Cc1cc(CN2[C@@H](c3ccccc3)CC[C@H]2C(O)(c2ccccc2)c2ccccc2)c(O)c(CN2[C@@H](c3ccccc3)CC[C@H]2C(O)(c2ccccc2)c2ccccc2)c1. The van der Waals surface area contributed by atoms with Crippen LogP contribution >= 0.6 is 0 Å². The first-order valence-electron chi connectivity index (χ1n) is 21.4. The van der Waals surface area contributed by atoms with E-state index in [0.717, 1.165) is 64.6 Å². The second-order valence-corrected chi connectivity index (χ2v) is 16.8. The van der Waals surface area contributed by atoms with Gasteiger partial charge in [-0.05, 0) is 66.0 Å². The Bertz CT molecular complexity index is 2210. The van der Waals surface area contributed by atoms with E-state index in [-0.39, 0.29) is 29.9 Å². The van der Waals surface area contributed by atoms with Crippen LogP contribution in [-0.2, 0) is 24.3 Å². The number of aromatic hydroxyl groups is 1. The number of hydrogen-bond donors (Lipinski definition) is 3. The summed E-state index contributed by atoms with van der Waals surface area (Å²) in [7, 11) is 0. The lowest BCUT2D eigenvalue weighted by Crippen LogP contribution is -2.49. The fraction of sp³-hybridized carbons (Fsp3) is 0.236. The van der Waals surface area contributed by atoms with Crippen LogP contribution in [0.4, 0.5) is 0 Å². The highest BCUT2D eigenvalue weighted by molar-refractivity contribution is 5.46. The molecule has 3 N–H and O–H groups in total. The van der Waals surface area contributed by atoms with Crippen molar-refractivity contribution in [1.82, 2.24) is 9.80 Å². The zero-order chi connectivity index (χ0) is 41.1. The van der Waals surface area contributed by atoms with Crippen molar-refractivity contribution < 1.29 is 15.3 Å². The van der Waals surface area contributed by atoms with E-state index in [2.05, 4.69) is 77.4 Å². The monoisotopic (exact) mass is 790 g/mol. The molecule has 5 heteroatoms. The maximum absolute atomic E-state index is 13.2. The summed E-state index contributed by atoms with van der Waals surface area (Å²) in [4.78, 5) is 4.87. The number of benzene rings is 7. The highest BCUT2D eigenvalue weighted by Crippen LogP contribution is 2.50. The minimum atomic E-state index is -1.31. The zero-order valence-electron chi connectivity index (χ0n) is 34.3. The van der Waals surface area contributed by atoms with Crippen LogP contribution in [-0.4, -0.2) is 37.2 Å². The molecule has 2 saturated heterocycles. The van der Waals surface area contributed by atoms with Gasteiger partial charge in [-0.1, -0.05) is 200 Å². The Morgan fingerprint density at radius 2 is 0.717 bits per heavy atom. The molecule has 4 atom stereocenters. The fourth-order valence-electron chi connectivity index (χ4n) is 10.6. The molecule has 0 bridgehead atoms. The quantitative estimate of drug-likeness (QED) is 0.115. The first-order chi connectivity index (χ1) is 29.4. The van der Waals surface area contributed by atoms with Gasteiger partial charge in [0, 0.05) is 48.4 Å². The second kappa shape index (κ2) is 17.0. The molecule has 0 saturated carbocycles. The van der Waals surface area contributed by atoms with Gasteiger partial charge in [0.05, 0.1) is 0 Å². The van der Waals surface area contributed by atoms with Gasteiger partial charge in [0.15, 0.2) is 0 Å². The first kappa shape index (κ1) is 39.6. The van der Waals surface area contributed by atoms with Gasteiger partial charge in [-0.25, -0.2) is 0 Å². The summed E-state index contributed by atoms with van der Waals surface area (Å²) < 4.78 is 0. The Morgan fingerprint density at radius 3 is 1.02 bits per heavy atom. The fourth-order valence-corrected chi connectivity index (χ4v) is 10.6. The van der Waals surface area contributed by atoms with Gasteiger partial charge in [-0.15, -0.1) is 0 Å². The van der Waals surface area contributed by atoms with Gasteiger partial charge >= 0.3 is 0 Å². The van der Waals surface area contributed by atoms with Crippen LogP contribution in [0.3, 0.4) is 0 Å². The number of phenols is 1. The van der Waals surface area contributed by atoms with Crippen molar-refractivity contribution in [3.05, 3.63) is 244 Å². The van der Waals surface area contributed by atoms with Crippen LogP contribution in [0, 0.1) is 6.92 Å². The first-order valence-corrected chi connectivity index (χ1v) is 21.4. The molecule has 60 heavy (non-hydrogen) atoms. The van der Waals surface area contributed by atoms with E-state index < -0.39 is 11.2 Å². The van der Waals surface area contributed by atoms with Crippen molar-refractivity contribution in [2.24, 2.45) is 0 Å². The molecule has 0 aromatic heterocycles. The van der Waals surface area contributed by atoms with Crippen LogP contribution in [0.1, 0.15) is 87.8 Å². The van der Waals surface area contributed by atoms with E-state index in [9.17, 15) is 15.3 Å². The molecule has 0 spiro atoms. The van der Waals surface area contributed by atoms with Gasteiger partial charge in [0.2, 0.25) is 0 Å². The number of hydrogen-bond acceptors (Lipinski definition) is 5. The lowest BCUT2D eigenvalue weighted by atomic mass is 9.79. The highest BCUT2D eigenvalue weighted by atomic mass is 16.3. The minimum Gasteiger partial charge on any atom is -0.507 e. The minimum absolute atomic E-state index is 0.0238. The molecule has 7 aromatic rings. The summed E-state index contributed by atoms with van der Waals surface area (Å²) in [5, 5.41) is 39.1. The number of phenolic OH excluding ortho intramolecular Hbond substituents is 1. The van der Waals surface area contributed by atoms with E-state index in [1.165, 1.54) is 11.1 Å². The van der Waals surface area contributed by atoms with Gasteiger partial charge in [0.1, 0.15) is 17.0 Å². The third-order valence-corrected chi connectivity index (χ3v) is 13.3. The predicted molar refractivity (Wildman–Crippen MR) is 240 cm³/mol. The van der Waals surface area contributed by atoms with Crippen LogP contribution in [0.25, 0.3) is 0 Å². The zero-order valence-corrected chi connectivity index (χ0v) is 34.3. The third-order valence-electron chi connectivity index (χ3n) is 13.3. The molecule has 2 fully saturated rings. The smallest absolute Gasteiger partial charge is 0.130 e. The number of rotatable bonds is 12. The topological polar surface area (TPSA) is 67.2 Å². The normalized spacial score (nSPS) is 20.1. The molecule has 7 aromatic carbocycles. The molecular formula is C55H54N2O3. The van der Waals surface area contributed by atoms with Gasteiger partial charge in [-0.3, -0.25) is 9.80 Å². The average Bonchev–Trinajstić information content (AvgIpc) is 3.94. The molecule has 0 unspecified atom stereocenters. The summed E-state index contributed by atoms with van der Waals surface area (Å²) in [6, 6.07) is 65.1. The summed E-state index contributed by atoms with van der Waals surface area (Å²) >= 11 is 0. The van der Waals surface area contributed by atoms with E-state index in [1.54, 1.807) is 0 Å². The molecule has 9 rings (SSSR count). The van der Waals surface area contributed by atoms with Crippen molar-refractivity contribution in [2.45, 2.75) is 81.1 Å². The highest BCUT2D eigenvalue weighted by Gasteiger charge is 2.51. The molecule has 0 radical (unpaired) electrons. The van der Waals surface area contributed by atoms with Crippen LogP contribution < -0.4 is 0 Å². The van der Waals surface area contributed by atoms with E-state index >= 15 is 0 Å². The molecule has 0 amide bonds. The van der Waals surface area contributed by atoms with Gasteiger partial charge in [-0.2, -0.15) is 0 Å². The summed E-state index contributed by atoms with van der Waals surface area (Å²) in [5.74, 6) is 0.265. The van der Waals surface area contributed by atoms with Gasteiger partial charge < -0.3 is 15.3 Å². The average molecular weight is 791 g/mol. The summed E-state index contributed by atoms with van der Waals surface area (Å²) in [5.41, 5.74) is 5.90. The lowest BCUT2D eigenvalue weighted by Gasteiger charge is -2.43. The Kier molecular flexibility index (Phi) is 11.3. The maximum Gasteiger partial charge on any atom is 0.130 e. The van der Waals surface area contributed by atoms with Crippen LogP contribution in [0.5, 0.6) is 5.75 Å². The number of aryl methyl sites for hydroxylation is 1. The Hall–Kier alpha value is -5.82. The number of likely N-dealkylation sites (tertiary alicyclic amines) is 2. The standard InChI is InChI=1S/C55H54N2O3/c1-40-36-43(38-56-49(41-20-8-2-9-21-41)32-34-51(56)54(59,45-24-12-4-13-25-45)46-26-14-5-15-27-46)53(58)44(37-40)39-57-50(42-22-10-3-11-23-42)33-35-52(57)55(60,47-28-16-6-17-29-47)48-30-18-7-19-31-48/h2-31,36-37,49-52,58-60H,32-35,38-39H2,1H3/t49-,50-,51+,52+/m1/s1. The van der Waals surface area contributed by atoms with Crippen molar-refractivity contribution >= 4 is 0 Å². The van der Waals surface area contributed by atoms with Crippen molar-refractivity contribution in [2.75, 3.05) is 0 Å². The molecule has 2 heterocycles. The Morgan fingerprint density at radius 1 is 0.433 bits per heavy atom. The maximum atomic E-state index is 13.2. The third kappa shape index (κ3) is 7.37. The largest absolute Gasteiger partial charge is 0.507 e. The van der Waals surface area contributed by atoms with E-state index in [0.29, 0.717) is 13.1 Å². The van der Waals surface area contributed by atoms with Crippen LogP contribution in [0.2, 0.25) is 0 Å². The molecule has 5 nitrogen and oxygen atoms in total. The molecule has 2 aliphatic heterocycles. The molecule has 302 valence electrons. The second-order valence-electron chi connectivity index (χ2n) is 16.8. The molecular weight excluding hydrogens is 737 g/mol. The van der Waals surface area contributed by atoms with E-state index in [1.807, 2.05) is 133 Å². The number of nitrogens with zero attached hydrogens (tertiary/aromatic N) is 2. The van der Waals surface area contributed by atoms with Gasteiger partial charge in [0.25, 0.3) is 0 Å². The Balaban J connectivity index is 1.14. The summed E-state index contributed by atoms with van der Waals surface area (Å²) in [6.45, 7) is 2.99. The molecule has 2 aliphatic rings. The molecule has 0 aliphatic carbocycles. The van der Waals surface area contributed by atoms with E-state index in [4.69, 9.17) is 0 Å². The lowest BCUT2D eigenvalue weighted by molar-refractivity contribution is -0.0185. The van der Waals surface area contributed by atoms with Crippen LogP contribution in [0.15, 0.2) is 194 Å². The van der Waals surface area contributed by atoms with Crippen molar-refractivity contribution in [3.63, 3.8) is 0 Å².